The van der Waals surface area contributed by atoms with E-state index in [4.69, 9.17) is 0 Å². The van der Waals surface area contributed by atoms with Gasteiger partial charge in [-0.25, -0.2) is 17.6 Å². The zero-order chi connectivity index (χ0) is 75.7. The summed E-state index contributed by atoms with van der Waals surface area (Å²) in [4.78, 5) is 189. The fourth-order valence-corrected chi connectivity index (χ4v) is 17.2. The van der Waals surface area contributed by atoms with Gasteiger partial charge in [-0.2, -0.15) is 13.2 Å². The molecule has 31 heteroatoms. The Morgan fingerprint density at radius 2 is 1.14 bits per heavy atom. The molecule has 8 aliphatic rings. The van der Waals surface area contributed by atoms with Gasteiger partial charge in [0.05, 0.1) is 32.6 Å². The highest BCUT2D eigenvalue weighted by Gasteiger charge is 2.57. The van der Waals surface area contributed by atoms with Gasteiger partial charge in [-0.15, -0.1) is 0 Å². The molecule has 103 heavy (non-hydrogen) atoms. The molecule has 0 aromatic carbocycles. The number of carbonyl (C=O) groups excluding carboxylic acids is 12. The molecule has 1 spiro atoms. The van der Waals surface area contributed by atoms with Gasteiger partial charge in [0.2, 0.25) is 70.9 Å². The van der Waals surface area contributed by atoms with E-state index in [1.807, 2.05) is 6.92 Å². The Morgan fingerprint density at radius 3 is 1.71 bits per heavy atom. The van der Waals surface area contributed by atoms with Gasteiger partial charge >= 0.3 is 6.18 Å². The quantitative estimate of drug-likeness (QED) is 0.220. The third-order valence-corrected chi connectivity index (χ3v) is 24.0. The summed E-state index contributed by atoms with van der Waals surface area (Å²) in [6.45, 7) is 0.774. The number of alkyl halides is 7. The first kappa shape index (κ1) is 81.8. The SMILES string of the molecule is CC[C@H](C)[C@@H]1NC(=O)[C@H](C2CCC2)N(C)C(=O)C[C@@H](C(=O)N2CCCC2)N(C)C(=O)[C@H](C2CCCCC2)N(C)C(=O)C2(CCCC2)NC(=O)[C@@H]2CC(F)(F)CN2C(=O)[C@H](CCC2CC(F)C(C(F)(F)F)C(F)C2)NC(=O)CN(C)C(=O)[C@H](CC2CCCCC2)N(C)C(=O)CN(C)C(=O)CN(C)C1=O. The summed E-state index contributed by atoms with van der Waals surface area (Å²) < 4.78 is 105. The number of halogens is 7. The number of carbonyl (C=O) groups is 12. The molecule has 0 aromatic rings. The van der Waals surface area contributed by atoms with Gasteiger partial charge < -0.3 is 60.0 Å². The molecule has 5 aliphatic carbocycles. The number of likely N-dealkylation sites (tertiary alicyclic amines) is 1. The zero-order valence-electron chi connectivity index (χ0n) is 61.6. The molecule has 580 valence electrons. The number of amides is 12. The lowest BCUT2D eigenvalue weighted by molar-refractivity contribution is -0.219. The third kappa shape index (κ3) is 19.6. The second-order valence-electron chi connectivity index (χ2n) is 31.3. The summed E-state index contributed by atoms with van der Waals surface area (Å²) >= 11 is 0. The van der Waals surface area contributed by atoms with Crippen LogP contribution in [0.1, 0.15) is 187 Å². The number of likely N-dealkylation sites (N-methyl/N-ethyl adjacent to an activating group) is 7. The molecule has 8 rings (SSSR count). The van der Waals surface area contributed by atoms with Crippen molar-refractivity contribution < 1.29 is 88.3 Å². The lowest BCUT2D eigenvalue weighted by atomic mass is 9.76. The molecule has 3 N–H and O–H groups in total. The minimum absolute atomic E-state index is 0.0508. The number of nitrogens with one attached hydrogen (secondary N) is 3. The lowest BCUT2D eigenvalue weighted by Gasteiger charge is -2.43. The van der Waals surface area contributed by atoms with Crippen molar-refractivity contribution >= 4 is 70.9 Å². The predicted molar refractivity (Wildman–Crippen MR) is 364 cm³/mol. The smallest absolute Gasteiger partial charge is 0.343 e. The molecular weight excluding hydrogens is 1360 g/mol. The first-order chi connectivity index (χ1) is 48.5. The van der Waals surface area contributed by atoms with Crippen LogP contribution < -0.4 is 16.0 Å². The van der Waals surface area contributed by atoms with E-state index in [1.54, 1.807) is 11.8 Å². The maximum absolute atomic E-state index is 16.2. The van der Waals surface area contributed by atoms with Crippen molar-refractivity contribution in [2.45, 2.75) is 259 Å². The topological polar surface area (TPSA) is 270 Å². The Hall–Kier alpha value is -6.85. The van der Waals surface area contributed by atoms with E-state index in [0.717, 1.165) is 51.7 Å². The zero-order valence-corrected chi connectivity index (χ0v) is 61.6. The Labute approximate surface area is 600 Å². The molecule has 5 saturated carbocycles. The van der Waals surface area contributed by atoms with Crippen molar-refractivity contribution in [2.75, 3.05) is 88.6 Å². The normalized spacial score (nSPS) is 31.5. The fourth-order valence-electron chi connectivity index (χ4n) is 17.2. The standard InChI is InChI=1S/C72H111F7N12O12/c1-10-43(2)59-67(101)85(5)40-56(94)83(3)41-57(95)86(6)51(36-44-22-13-11-14-23-44)65(99)84(4)39-54(92)80-50(29-28-45-34-48(73)58(49(74)35-45)72(77,78)79)64(98)91-42-71(75,76)38-53(91)62(96)82-70(30-17-18-31-70)69(103)89(9)61(47-24-15-12-16-25-47)68(102)87(7)52(66(100)90-32-19-20-33-90)37-55(93)88(8)60(63(97)81-59)46-26-21-27-46/h43-53,58-61H,10-42H2,1-9H3,(H,80,92)(H,81,97)(H,82,96)/t43-,45?,48?,49?,50-,51-,52-,53-,58?,59-,60-,61-/m0/s1. The van der Waals surface area contributed by atoms with Crippen LogP contribution in [0.4, 0.5) is 30.7 Å². The molecule has 10 atom stereocenters. The summed E-state index contributed by atoms with van der Waals surface area (Å²) in [6, 6.07) is -10.4. The van der Waals surface area contributed by atoms with Gasteiger partial charge in [0.1, 0.15) is 66.1 Å². The average Bonchev–Trinajstić information content (AvgIpc) is 1.69. The highest BCUT2D eigenvalue weighted by atomic mass is 19.4. The monoisotopic (exact) mass is 1470 g/mol. The van der Waals surface area contributed by atoms with Crippen LogP contribution >= 0.6 is 0 Å². The van der Waals surface area contributed by atoms with Crippen molar-refractivity contribution in [3.05, 3.63) is 0 Å². The molecule has 3 heterocycles. The van der Waals surface area contributed by atoms with Crippen molar-refractivity contribution in [2.24, 2.45) is 35.5 Å². The van der Waals surface area contributed by atoms with E-state index >= 15 is 41.5 Å². The van der Waals surface area contributed by atoms with Gasteiger partial charge in [-0.3, -0.25) is 57.5 Å². The number of fused-ring (bicyclic) bond motifs is 1. The fraction of sp³-hybridized carbons (Fsp3) is 0.833. The highest BCUT2D eigenvalue weighted by Crippen LogP contribution is 2.45. The van der Waals surface area contributed by atoms with Crippen molar-refractivity contribution in [3.8, 4) is 0 Å². The molecule has 0 aromatic heterocycles. The summed E-state index contributed by atoms with van der Waals surface area (Å²) in [7, 11) is 9.47. The Morgan fingerprint density at radius 1 is 0.573 bits per heavy atom. The van der Waals surface area contributed by atoms with E-state index in [-0.39, 0.29) is 31.1 Å². The third-order valence-electron chi connectivity index (χ3n) is 24.0. The van der Waals surface area contributed by atoms with E-state index < -0.39 is 232 Å². The Bertz CT molecular complexity index is 3060. The average molecular weight is 1470 g/mol. The Kier molecular flexibility index (Phi) is 27.8. The number of hydrogen-bond acceptors (Lipinski definition) is 12. The molecule has 0 bridgehead atoms. The number of rotatable bonds is 10. The van der Waals surface area contributed by atoms with Crippen LogP contribution in [0.15, 0.2) is 0 Å². The second kappa shape index (κ2) is 35.0. The minimum atomic E-state index is -5.23. The van der Waals surface area contributed by atoms with Crippen LogP contribution in [0.5, 0.6) is 0 Å². The Balaban J connectivity index is 1.18. The van der Waals surface area contributed by atoms with E-state index in [1.165, 1.54) is 64.0 Å². The molecule has 8 fully saturated rings. The largest absolute Gasteiger partial charge is 0.397 e. The van der Waals surface area contributed by atoms with Crippen LogP contribution in [0.25, 0.3) is 0 Å². The maximum Gasteiger partial charge on any atom is 0.397 e. The van der Waals surface area contributed by atoms with Crippen molar-refractivity contribution in [1.82, 2.24) is 60.0 Å². The molecule has 24 nitrogen and oxygen atoms in total. The van der Waals surface area contributed by atoms with Crippen molar-refractivity contribution in [3.63, 3.8) is 0 Å². The van der Waals surface area contributed by atoms with E-state index in [0.29, 0.717) is 101 Å². The predicted octanol–water partition coefficient (Wildman–Crippen LogP) is 5.77. The van der Waals surface area contributed by atoms with Crippen LogP contribution in [0, 0.1) is 35.5 Å². The molecular formula is C72H111F7N12O12. The second-order valence-corrected chi connectivity index (χ2v) is 31.3. The first-order valence-corrected chi connectivity index (χ1v) is 37.5. The van der Waals surface area contributed by atoms with Gasteiger partial charge in [0.15, 0.2) is 0 Å². The molecule has 3 saturated heterocycles. The summed E-state index contributed by atoms with van der Waals surface area (Å²) in [6.07, 6.45) is -3.99. The summed E-state index contributed by atoms with van der Waals surface area (Å²) in [5.74, 6) is -19.2. The van der Waals surface area contributed by atoms with Crippen LogP contribution in [-0.4, -0.2) is 276 Å². The summed E-state index contributed by atoms with van der Waals surface area (Å²) in [5, 5.41) is 8.14. The summed E-state index contributed by atoms with van der Waals surface area (Å²) in [5.41, 5.74) is -1.87. The maximum atomic E-state index is 16.2. The molecule has 3 aliphatic heterocycles. The van der Waals surface area contributed by atoms with Gasteiger partial charge in [-0.1, -0.05) is 90.9 Å². The number of hydrogen-bond donors (Lipinski definition) is 3. The van der Waals surface area contributed by atoms with Gasteiger partial charge in [-0.05, 0) is 113 Å². The van der Waals surface area contributed by atoms with Gasteiger partial charge in [0, 0.05) is 68.8 Å². The van der Waals surface area contributed by atoms with Crippen LogP contribution in [0.3, 0.4) is 0 Å². The van der Waals surface area contributed by atoms with Gasteiger partial charge in [0.25, 0.3) is 5.92 Å². The minimum Gasteiger partial charge on any atom is -0.343 e. The van der Waals surface area contributed by atoms with Crippen LogP contribution in [-0.2, 0) is 57.5 Å². The number of nitrogens with zero attached hydrogens (tertiary/aromatic N) is 9. The van der Waals surface area contributed by atoms with E-state index in [2.05, 4.69) is 16.0 Å². The highest BCUT2D eigenvalue weighted by molar-refractivity contribution is 6.01. The van der Waals surface area contributed by atoms with E-state index in [9.17, 15) is 46.7 Å². The van der Waals surface area contributed by atoms with Crippen LogP contribution in [0.2, 0.25) is 0 Å². The molecule has 0 radical (unpaired) electrons. The molecule has 12 amide bonds. The first-order valence-electron chi connectivity index (χ1n) is 37.5. The molecule has 2 unspecified atom stereocenters. The lowest BCUT2D eigenvalue weighted by Crippen LogP contribution is -2.65. The van der Waals surface area contributed by atoms with Crippen molar-refractivity contribution in [1.29, 1.82) is 0 Å².